The Morgan fingerprint density at radius 1 is 1.14 bits per heavy atom. The summed E-state index contributed by atoms with van der Waals surface area (Å²) in [6.45, 7) is 2.11. The predicted molar refractivity (Wildman–Crippen MR) is 113 cm³/mol. The van der Waals surface area contributed by atoms with E-state index in [4.69, 9.17) is 4.74 Å². The molecule has 5 heteroatoms. The van der Waals surface area contributed by atoms with E-state index in [2.05, 4.69) is 34.5 Å². The molecule has 1 aliphatic heterocycles. The van der Waals surface area contributed by atoms with Crippen molar-refractivity contribution in [3.63, 3.8) is 0 Å². The van der Waals surface area contributed by atoms with Crippen molar-refractivity contribution >= 4 is 5.91 Å². The molecule has 1 fully saturated rings. The highest BCUT2D eigenvalue weighted by atomic mass is 16.5. The normalized spacial score (nSPS) is 14.9. The molecule has 0 spiro atoms. The van der Waals surface area contributed by atoms with Gasteiger partial charge in [0.05, 0.1) is 7.11 Å². The number of hydrogen-bond donors (Lipinski definition) is 1. The maximum atomic E-state index is 12.4. The minimum Gasteiger partial charge on any atom is -0.497 e. The first kappa shape index (κ1) is 20.5. The number of benzene rings is 2. The van der Waals surface area contributed by atoms with Gasteiger partial charge in [-0.15, -0.1) is 0 Å². The van der Waals surface area contributed by atoms with Crippen LogP contribution in [0.15, 0.2) is 66.4 Å². The smallest absolute Gasteiger partial charge is 0.263 e. The van der Waals surface area contributed by atoms with Crippen molar-refractivity contribution in [1.29, 1.82) is 5.26 Å². The van der Waals surface area contributed by atoms with E-state index in [1.54, 1.807) is 13.3 Å². The third-order valence-electron chi connectivity index (χ3n) is 5.31. The van der Waals surface area contributed by atoms with Crippen LogP contribution in [0.25, 0.3) is 0 Å². The van der Waals surface area contributed by atoms with Gasteiger partial charge >= 0.3 is 0 Å². The molecule has 5 nitrogen and oxygen atoms in total. The zero-order chi connectivity index (χ0) is 20.5. The summed E-state index contributed by atoms with van der Waals surface area (Å²) in [5.74, 6) is 1.08. The van der Waals surface area contributed by atoms with Gasteiger partial charge in [-0.25, -0.2) is 0 Å². The van der Waals surface area contributed by atoms with Gasteiger partial charge in [0.1, 0.15) is 17.4 Å². The first-order valence-electron chi connectivity index (χ1n) is 9.99. The summed E-state index contributed by atoms with van der Waals surface area (Å²) in [6, 6.07) is 20.1. The number of carbonyl (C=O) groups excluding carboxylic acids is 1. The van der Waals surface area contributed by atoms with Crippen molar-refractivity contribution in [2.24, 2.45) is 5.92 Å². The summed E-state index contributed by atoms with van der Waals surface area (Å²) < 4.78 is 5.13. The summed E-state index contributed by atoms with van der Waals surface area (Å²) in [4.78, 5) is 14.5. The fraction of sp³-hybridized carbons (Fsp3) is 0.333. The van der Waals surface area contributed by atoms with Gasteiger partial charge in [-0.2, -0.15) is 5.26 Å². The Morgan fingerprint density at radius 3 is 2.45 bits per heavy atom. The minimum absolute atomic E-state index is 0.153. The molecule has 0 atom stereocenters. The number of likely N-dealkylation sites (tertiary alicyclic amines) is 1. The lowest BCUT2D eigenvalue weighted by atomic mass is 9.90. The third kappa shape index (κ3) is 6.11. The summed E-state index contributed by atoms with van der Waals surface area (Å²) in [5.41, 5.74) is 2.48. The van der Waals surface area contributed by atoms with Gasteiger partial charge < -0.3 is 15.0 Å². The second-order valence-corrected chi connectivity index (χ2v) is 7.35. The number of ether oxygens (including phenoxy) is 1. The van der Waals surface area contributed by atoms with Crippen LogP contribution in [0.5, 0.6) is 5.75 Å². The fourth-order valence-corrected chi connectivity index (χ4v) is 3.58. The maximum Gasteiger partial charge on any atom is 0.263 e. The standard InChI is InChI=1S/C24H27N3O2/c1-29-23-9-7-21(8-10-23)17-26-24(28)22(16-25)18-27-13-11-20(12-14-27)15-19-5-3-2-4-6-19/h2-10,18,20H,11-15,17H2,1H3,(H,26,28)/b22-18-. The van der Waals surface area contributed by atoms with Crippen molar-refractivity contribution in [2.75, 3.05) is 20.2 Å². The number of nitriles is 1. The van der Waals surface area contributed by atoms with E-state index < -0.39 is 0 Å². The van der Waals surface area contributed by atoms with E-state index in [0.29, 0.717) is 12.5 Å². The Morgan fingerprint density at radius 2 is 1.83 bits per heavy atom. The van der Waals surface area contributed by atoms with E-state index in [1.165, 1.54) is 5.56 Å². The molecule has 150 valence electrons. The highest BCUT2D eigenvalue weighted by Gasteiger charge is 2.19. The maximum absolute atomic E-state index is 12.4. The number of hydrogen-bond acceptors (Lipinski definition) is 4. The van der Waals surface area contributed by atoms with Gasteiger partial charge in [0.2, 0.25) is 0 Å². The molecule has 0 radical (unpaired) electrons. The number of amides is 1. The molecular weight excluding hydrogens is 362 g/mol. The molecule has 1 saturated heterocycles. The van der Waals surface area contributed by atoms with Gasteiger partial charge in [0, 0.05) is 25.8 Å². The molecule has 2 aromatic carbocycles. The molecule has 3 rings (SSSR count). The van der Waals surface area contributed by atoms with Gasteiger partial charge in [-0.1, -0.05) is 42.5 Å². The lowest BCUT2D eigenvalue weighted by Gasteiger charge is -2.31. The summed E-state index contributed by atoms with van der Waals surface area (Å²) in [5, 5.41) is 12.2. The van der Waals surface area contributed by atoms with Gasteiger partial charge in [0.25, 0.3) is 5.91 Å². The Kier molecular flexibility index (Phi) is 7.29. The summed E-state index contributed by atoms with van der Waals surface area (Å²) in [7, 11) is 1.62. The quantitative estimate of drug-likeness (QED) is 0.580. The van der Waals surface area contributed by atoms with Crippen LogP contribution in [0.2, 0.25) is 0 Å². The molecule has 0 saturated carbocycles. The monoisotopic (exact) mass is 389 g/mol. The SMILES string of the molecule is COc1ccc(CNC(=O)/C(C#N)=C\N2CCC(Cc3ccccc3)CC2)cc1. The van der Waals surface area contributed by atoms with E-state index in [0.717, 1.165) is 43.7 Å². The number of methoxy groups -OCH3 is 1. The van der Waals surface area contributed by atoms with Gasteiger partial charge in [0.15, 0.2) is 0 Å². The van der Waals surface area contributed by atoms with Crippen LogP contribution in [0, 0.1) is 17.2 Å². The highest BCUT2D eigenvalue weighted by Crippen LogP contribution is 2.22. The second kappa shape index (κ2) is 10.3. The molecule has 2 aromatic rings. The largest absolute Gasteiger partial charge is 0.497 e. The third-order valence-corrected chi connectivity index (χ3v) is 5.31. The number of piperidine rings is 1. The molecule has 0 bridgehead atoms. The Bertz CT molecular complexity index is 861. The second-order valence-electron chi connectivity index (χ2n) is 7.35. The molecule has 0 aliphatic carbocycles. The van der Waals surface area contributed by atoms with Crippen molar-refractivity contribution in [3.05, 3.63) is 77.5 Å². The first-order valence-corrected chi connectivity index (χ1v) is 9.99. The Hall–Kier alpha value is -3.26. The predicted octanol–water partition coefficient (Wildman–Crippen LogP) is 3.67. The van der Waals surface area contributed by atoms with Gasteiger partial charge in [-0.3, -0.25) is 4.79 Å². The molecule has 1 amide bonds. The van der Waals surface area contributed by atoms with Crippen molar-refractivity contribution in [3.8, 4) is 11.8 Å². The number of rotatable bonds is 7. The number of nitrogens with one attached hydrogen (secondary N) is 1. The lowest BCUT2D eigenvalue weighted by Crippen LogP contribution is -2.32. The van der Waals surface area contributed by atoms with E-state index in [1.807, 2.05) is 36.4 Å². The lowest BCUT2D eigenvalue weighted by molar-refractivity contribution is -0.117. The average molecular weight is 389 g/mol. The van der Waals surface area contributed by atoms with E-state index >= 15 is 0 Å². The van der Waals surface area contributed by atoms with E-state index in [9.17, 15) is 10.1 Å². The summed E-state index contributed by atoms with van der Waals surface area (Å²) >= 11 is 0. The van der Waals surface area contributed by atoms with Crippen LogP contribution in [-0.2, 0) is 17.8 Å². The fourth-order valence-electron chi connectivity index (χ4n) is 3.58. The Labute approximate surface area is 172 Å². The van der Waals surface area contributed by atoms with Crippen molar-refractivity contribution in [2.45, 2.75) is 25.8 Å². The van der Waals surface area contributed by atoms with Crippen LogP contribution in [0.3, 0.4) is 0 Å². The first-order chi connectivity index (χ1) is 14.2. The molecule has 1 heterocycles. The topological polar surface area (TPSA) is 65.4 Å². The average Bonchev–Trinajstić information content (AvgIpc) is 2.78. The molecular formula is C24H27N3O2. The highest BCUT2D eigenvalue weighted by molar-refractivity contribution is 5.97. The summed E-state index contributed by atoms with van der Waals surface area (Å²) in [6.07, 6.45) is 4.93. The van der Waals surface area contributed by atoms with Crippen LogP contribution < -0.4 is 10.1 Å². The molecule has 1 N–H and O–H groups in total. The van der Waals surface area contributed by atoms with Crippen LogP contribution >= 0.6 is 0 Å². The minimum atomic E-state index is -0.338. The van der Waals surface area contributed by atoms with Gasteiger partial charge in [-0.05, 0) is 48.4 Å². The molecule has 29 heavy (non-hydrogen) atoms. The zero-order valence-corrected chi connectivity index (χ0v) is 16.8. The molecule has 1 aliphatic rings. The molecule has 0 unspecified atom stereocenters. The molecule has 0 aromatic heterocycles. The van der Waals surface area contributed by atoms with E-state index in [-0.39, 0.29) is 11.5 Å². The number of carbonyl (C=O) groups is 1. The van der Waals surface area contributed by atoms with Crippen molar-refractivity contribution < 1.29 is 9.53 Å². The van der Waals surface area contributed by atoms with Crippen LogP contribution in [0.4, 0.5) is 0 Å². The number of nitrogens with zero attached hydrogens (tertiary/aromatic N) is 2. The van der Waals surface area contributed by atoms with Crippen LogP contribution in [0.1, 0.15) is 24.0 Å². The zero-order valence-electron chi connectivity index (χ0n) is 16.8. The van der Waals surface area contributed by atoms with Crippen molar-refractivity contribution in [1.82, 2.24) is 10.2 Å². The Balaban J connectivity index is 1.49. The van der Waals surface area contributed by atoms with Crippen LogP contribution in [-0.4, -0.2) is 31.0 Å².